The molecule has 10 heteroatoms. The van der Waals surface area contributed by atoms with Crippen LogP contribution in [0.25, 0.3) is 88.9 Å². The monoisotopic (exact) mass is 1440 g/mol. The predicted molar refractivity (Wildman–Crippen MR) is 332 cm³/mol. The molecule has 0 unspecified atom stereocenters. The van der Waals surface area contributed by atoms with Crippen molar-refractivity contribution in [3.05, 3.63) is 229 Å². The summed E-state index contributed by atoms with van der Waals surface area (Å²) in [6, 6.07) is 64.1. The zero-order valence-corrected chi connectivity index (χ0v) is 53.5. The molecule has 0 amide bonds. The normalized spacial score (nSPS) is 12.7. The van der Waals surface area contributed by atoms with E-state index in [0.717, 1.165) is 83.5 Å². The zero-order valence-electron chi connectivity index (χ0n) is 52.7. The van der Waals surface area contributed by atoms with E-state index in [0.29, 0.717) is 11.8 Å². The van der Waals surface area contributed by atoms with Gasteiger partial charge in [-0.05, 0) is 82.8 Å². The minimum absolute atomic E-state index is 0. The van der Waals surface area contributed by atoms with Crippen LogP contribution in [0.1, 0.15) is 70.0 Å². The first-order valence-corrected chi connectivity index (χ1v) is 33.4. The number of hydrogen-bond donors (Lipinski definition) is 0. The molecule has 0 saturated heterocycles. The van der Waals surface area contributed by atoms with Crippen molar-refractivity contribution in [1.82, 2.24) is 19.9 Å². The third kappa shape index (κ3) is 14.4. The Balaban J connectivity index is 0.000000167. The Kier molecular flexibility index (Phi) is 17.5. The van der Waals surface area contributed by atoms with Crippen molar-refractivity contribution in [2.75, 3.05) is 0 Å². The van der Waals surface area contributed by atoms with Crippen molar-refractivity contribution in [1.29, 1.82) is 0 Å². The molecule has 80 heavy (non-hydrogen) atoms. The van der Waals surface area contributed by atoms with Crippen LogP contribution in [0, 0.1) is 38.0 Å². The first kappa shape index (κ1) is 52.6. The summed E-state index contributed by atoms with van der Waals surface area (Å²) in [7, 11) is -2.88. The molecule has 6 aromatic carbocycles. The van der Waals surface area contributed by atoms with Crippen molar-refractivity contribution in [2.45, 2.75) is 92.5 Å². The van der Waals surface area contributed by atoms with Crippen LogP contribution in [0.2, 0.25) is 39.3 Å². The summed E-state index contributed by atoms with van der Waals surface area (Å²) in [5.74, 6) is 0.927. The Labute approximate surface area is 510 Å². The first-order chi connectivity index (χ1) is 39.8. The van der Waals surface area contributed by atoms with Crippen LogP contribution in [0.4, 0.5) is 0 Å². The molecule has 0 atom stereocenters. The number of furan rings is 2. The molecule has 0 aliphatic rings. The van der Waals surface area contributed by atoms with Crippen molar-refractivity contribution in [3.63, 3.8) is 0 Å². The van der Waals surface area contributed by atoms with E-state index in [1.54, 1.807) is 36.4 Å². The molecule has 6 nitrogen and oxygen atoms in total. The maximum Gasteiger partial charge on any atom is 0.120 e. The zero-order chi connectivity index (χ0) is 60.1. The minimum atomic E-state index is -2.09. The van der Waals surface area contributed by atoms with Crippen molar-refractivity contribution < 1.29 is 57.3 Å². The summed E-state index contributed by atoms with van der Waals surface area (Å²) in [5, 5.41) is 7.40. The Morgan fingerprint density at radius 1 is 0.438 bits per heavy atom. The number of para-hydroxylation sites is 1. The molecule has 6 heterocycles. The van der Waals surface area contributed by atoms with E-state index in [1.807, 2.05) is 60.9 Å². The Morgan fingerprint density at radius 3 is 1.40 bits per heavy atom. The van der Waals surface area contributed by atoms with Crippen molar-refractivity contribution in [2.24, 2.45) is 0 Å². The van der Waals surface area contributed by atoms with E-state index < -0.39 is 29.9 Å². The van der Waals surface area contributed by atoms with Gasteiger partial charge in [-0.15, -0.1) is 108 Å². The standard InChI is InChI=1S/2C23H24NOSi.2C12H10N.2Ir/c1-15(2)16-12-13-24-20(14-16)19-10-6-8-17-18-9-7-11-21(26(3,4)5)23(18)25-22(17)19;1-15(2)16-11-12-24-21(13-16)20-8-6-7-19-18-10-9-17(26(3,4)5)14-22(18)25-23(19)20;2*1-10-7-8-12(13-9-10)11-5-3-2-4-6-11;;/h6-9,11-15H,1-5H3;6-7,9-15H,1-5H3;2*2-5,7-9H,1H3;;/q4*-1;;/i;;2*1D3;;. The van der Waals surface area contributed by atoms with Gasteiger partial charge in [0.2, 0.25) is 0 Å². The second-order valence-corrected chi connectivity index (χ2v) is 32.1. The number of aromatic nitrogens is 4. The van der Waals surface area contributed by atoms with Crippen LogP contribution in [-0.4, -0.2) is 36.1 Å². The van der Waals surface area contributed by atoms with Crippen LogP contribution < -0.4 is 10.4 Å². The molecule has 0 bridgehead atoms. The van der Waals surface area contributed by atoms with E-state index in [1.165, 1.54) is 39.3 Å². The van der Waals surface area contributed by atoms with Gasteiger partial charge in [-0.2, -0.15) is 0 Å². The third-order valence-electron chi connectivity index (χ3n) is 13.5. The maximum atomic E-state index is 7.23. The van der Waals surface area contributed by atoms with Crippen LogP contribution in [0.15, 0.2) is 191 Å². The average Bonchev–Trinajstić information content (AvgIpc) is 3.86. The Morgan fingerprint density at radius 2 is 0.950 bits per heavy atom. The summed E-state index contributed by atoms with van der Waals surface area (Å²) in [6.07, 6.45) is 6.54. The maximum absolute atomic E-state index is 7.23. The molecular weight excluding hydrogens is 1370 g/mol. The van der Waals surface area contributed by atoms with Gasteiger partial charge >= 0.3 is 0 Å². The smallest absolute Gasteiger partial charge is 0.120 e. The first-order valence-electron chi connectivity index (χ1n) is 29.4. The number of fused-ring (bicyclic) bond motifs is 6. The summed E-state index contributed by atoms with van der Waals surface area (Å²) in [4.78, 5) is 17.4. The van der Waals surface area contributed by atoms with E-state index >= 15 is 0 Å². The van der Waals surface area contributed by atoms with Gasteiger partial charge in [-0.1, -0.05) is 172 Å². The second kappa shape index (κ2) is 26.7. The van der Waals surface area contributed by atoms with Crippen LogP contribution in [-0.2, 0) is 40.2 Å². The van der Waals surface area contributed by atoms with E-state index in [-0.39, 0.29) is 51.3 Å². The van der Waals surface area contributed by atoms with Gasteiger partial charge in [0.25, 0.3) is 0 Å². The third-order valence-corrected chi connectivity index (χ3v) is 17.5. The predicted octanol–water partition coefficient (Wildman–Crippen LogP) is 17.9. The fraction of sp³-hybridized carbons (Fsp3) is 0.200. The number of rotatable bonds is 8. The molecule has 0 fully saturated rings. The van der Waals surface area contributed by atoms with Gasteiger partial charge in [0.05, 0.1) is 27.3 Å². The van der Waals surface area contributed by atoms with Crippen LogP contribution in [0.5, 0.6) is 0 Å². The fourth-order valence-corrected chi connectivity index (χ4v) is 11.7. The van der Waals surface area contributed by atoms with Gasteiger partial charge in [0.1, 0.15) is 11.2 Å². The minimum Gasteiger partial charge on any atom is -0.501 e. The molecular formula is C70H68Ir2N4O2Si2-4. The fourth-order valence-electron chi connectivity index (χ4n) is 9.04. The molecule has 0 spiro atoms. The summed E-state index contributed by atoms with van der Waals surface area (Å²) in [5.41, 5.74) is 13.7. The summed E-state index contributed by atoms with van der Waals surface area (Å²) < 4.78 is 56.2. The molecule has 0 N–H and O–H groups in total. The molecule has 0 aliphatic heterocycles. The molecule has 12 rings (SSSR count). The quantitative estimate of drug-likeness (QED) is 0.111. The molecule has 0 saturated carbocycles. The summed E-state index contributed by atoms with van der Waals surface area (Å²) >= 11 is 0. The molecule has 0 aliphatic carbocycles. The van der Waals surface area contributed by atoms with Gasteiger partial charge in [0.15, 0.2) is 0 Å². The van der Waals surface area contributed by atoms with E-state index in [9.17, 15) is 0 Å². The average molecular weight is 1440 g/mol. The van der Waals surface area contributed by atoms with Gasteiger partial charge < -0.3 is 28.8 Å². The van der Waals surface area contributed by atoms with E-state index in [4.69, 9.17) is 17.1 Å². The molecule has 2 radical (unpaired) electrons. The second-order valence-electron chi connectivity index (χ2n) is 22.0. The van der Waals surface area contributed by atoms with Gasteiger partial charge in [-0.3, -0.25) is 0 Å². The number of aryl methyl sites for hydroxylation is 2. The molecule has 410 valence electrons. The van der Waals surface area contributed by atoms with Gasteiger partial charge in [0, 0.05) is 84.0 Å². The van der Waals surface area contributed by atoms with Crippen LogP contribution in [0.3, 0.4) is 0 Å². The van der Waals surface area contributed by atoms with Crippen molar-refractivity contribution in [3.8, 4) is 45.0 Å². The van der Waals surface area contributed by atoms with Crippen molar-refractivity contribution >= 4 is 70.4 Å². The Hall–Kier alpha value is -6.75. The van der Waals surface area contributed by atoms with E-state index in [2.05, 4.69) is 184 Å². The topological polar surface area (TPSA) is 77.8 Å². The summed E-state index contributed by atoms with van der Waals surface area (Å²) in [6.45, 7) is 18.8. The largest absolute Gasteiger partial charge is 0.501 e. The number of hydrogen-bond acceptors (Lipinski definition) is 6. The SMILES string of the molecule is CC(C)c1ccnc(-c2[c-]ccc3c2oc2c([Si](C)(C)C)cccc23)c1.CC(C)c1ccnc(-c2[c-]ccc3c2oc2cc([Si](C)(C)C)ccc23)c1.[2H]C([2H])([2H])c1ccc(-c2[c-]cccc2)nc1.[2H]C([2H])([2H])c1ccc(-c2[c-]cccc2)nc1.[Ir].[Ir]. The molecule has 12 aromatic rings. The number of benzene rings is 6. The van der Waals surface area contributed by atoms with Gasteiger partial charge in [-0.25, -0.2) is 0 Å². The number of nitrogens with zero attached hydrogens (tertiary/aromatic N) is 4. The molecule has 6 aromatic heterocycles. The number of pyridine rings is 4. The Bertz CT molecular complexity index is 4110. The van der Waals surface area contributed by atoms with Crippen LogP contribution >= 0.6 is 0 Å².